The molecular formula is C17H21N3O3. The lowest BCUT2D eigenvalue weighted by atomic mass is 10.1. The molecule has 0 aliphatic heterocycles. The third-order valence-corrected chi connectivity index (χ3v) is 3.69. The SMILES string of the molecule is CCCc1ccc(C(=O)Nc2cnn(C(C)(C)C(=O)O)c2)cc1. The molecule has 0 aliphatic carbocycles. The highest BCUT2D eigenvalue weighted by Gasteiger charge is 2.30. The van der Waals surface area contributed by atoms with E-state index in [2.05, 4.69) is 17.3 Å². The van der Waals surface area contributed by atoms with E-state index in [0.29, 0.717) is 11.3 Å². The second-order valence-corrected chi connectivity index (χ2v) is 5.94. The number of hydrogen-bond acceptors (Lipinski definition) is 3. The van der Waals surface area contributed by atoms with Crippen LogP contribution in [0.3, 0.4) is 0 Å². The van der Waals surface area contributed by atoms with Crippen LogP contribution in [0.15, 0.2) is 36.7 Å². The first-order chi connectivity index (χ1) is 10.8. The van der Waals surface area contributed by atoms with Gasteiger partial charge in [-0.3, -0.25) is 9.48 Å². The van der Waals surface area contributed by atoms with E-state index in [-0.39, 0.29) is 5.91 Å². The Hall–Kier alpha value is -2.63. The van der Waals surface area contributed by atoms with E-state index in [9.17, 15) is 14.7 Å². The summed E-state index contributed by atoms with van der Waals surface area (Å²) in [6.07, 6.45) is 4.99. The highest BCUT2D eigenvalue weighted by atomic mass is 16.4. The molecule has 1 heterocycles. The molecule has 0 radical (unpaired) electrons. The van der Waals surface area contributed by atoms with Gasteiger partial charge in [-0.05, 0) is 38.0 Å². The third-order valence-electron chi connectivity index (χ3n) is 3.69. The van der Waals surface area contributed by atoms with Crippen molar-refractivity contribution in [2.75, 3.05) is 5.32 Å². The molecule has 122 valence electrons. The van der Waals surface area contributed by atoms with Gasteiger partial charge in [0.2, 0.25) is 0 Å². The van der Waals surface area contributed by atoms with E-state index in [4.69, 9.17) is 0 Å². The van der Waals surface area contributed by atoms with Crippen LogP contribution in [-0.2, 0) is 16.8 Å². The van der Waals surface area contributed by atoms with Crippen molar-refractivity contribution in [1.82, 2.24) is 9.78 Å². The maximum absolute atomic E-state index is 12.2. The Morgan fingerprint density at radius 3 is 2.48 bits per heavy atom. The molecule has 6 nitrogen and oxygen atoms in total. The van der Waals surface area contributed by atoms with E-state index in [0.717, 1.165) is 12.8 Å². The molecule has 0 fully saturated rings. The molecule has 0 bridgehead atoms. The van der Waals surface area contributed by atoms with Gasteiger partial charge in [-0.1, -0.05) is 25.5 Å². The summed E-state index contributed by atoms with van der Waals surface area (Å²) in [6, 6.07) is 7.45. The first-order valence-corrected chi connectivity index (χ1v) is 7.53. The molecular weight excluding hydrogens is 294 g/mol. The number of nitrogens with one attached hydrogen (secondary N) is 1. The topological polar surface area (TPSA) is 84.2 Å². The summed E-state index contributed by atoms with van der Waals surface area (Å²) in [5.74, 6) is -1.24. The first kappa shape index (κ1) is 16.7. The average molecular weight is 315 g/mol. The summed E-state index contributed by atoms with van der Waals surface area (Å²) in [4.78, 5) is 23.4. The standard InChI is InChI=1S/C17H21N3O3/c1-4-5-12-6-8-13(9-7-12)15(21)19-14-10-18-20(11-14)17(2,3)16(22)23/h6-11H,4-5H2,1-3H3,(H,19,21)(H,22,23). The van der Waals surface area contributed by atoms with Gasteiger partial charge < -0.3 is 10.4 Å². The smallest absolute Gasteiger partial charge is 0.331 e. The number of benzene rings is 1. The van der Waals surface area contributed by atoms with Gasteiger partial charge in [0, 0.05) is 11.8 Å². The van der Waals surface area contributed by atoms with Gasteiger partial charge in [-0.25, -0.2) is 4.79 Å². The Bertz CT molecular complexity index is 702. The second kappa shape index (κ2) is 6.64. The molecule has 0 aliphatic rings. The third kappa shape index (κ3) is 3.77. The Balaban J connectivity index is 2.09. The van der Waals surface area contributed by atoms with Crippen LogP contribution >= 0.6 is 0 Å². The number of nitrogens with zero attached hydrogens (tertiary/aromatic N) is 2. The predicted octanol–water partition coefficient (Wildman–Crippen LogP) is 2.91. The fourth-order valence-corrected chi connectivity index (χ4v) is 2.11. The minimum atomic E-state index is -1.18. The van der Waals surface area contributed by atoms with E-state index in [1.807, 2.05) is 12.1 Å². The van der Waals surface area contributed by atoms with Crippen molar-refractivity contribution in [3.05, 3.63) is 47.8 Å². The summed E-state index contributed by atoms with van der Waals surface area (Å²) in [5, 5.41) is 15.9. The Morgan fingerprint density at radius 1 is 1.26 bits per heavy atom. The van der Waals surface area contributed by atoms with Crippen molar-refractivity contribution >= 4 is 17.6 Å². The number of carboxylic acids is 1. The van der Waals surface area contributed by atoms with E-state index in [1.165, 1.54) is 22.6 Å². The number of aryl methyl sites for hydroxylation is 1. The van der Waals surface area contributed by atoms with Crippen molar-refractivity contribution < 1.29 is 14.7 Å². The molecule has 2 aromatic rings. The summed E-state index contributed by atoms with van der Waals surface area (Å²) in [7, 11) is 0. The van der Waals surface area contributed by atoms with Crippen molar-refractivity contribution in [3.8, 4) is 0 Å². The number of anilines is 1. The zero-order chi connectivity index (χ0) is 17.0. The Labute approximate surface area is 135 Å². The molecule has 2 N–H and O–H groups in total. The van der Waals surface area contributed by atoms with Crippen molar-refractivity contribution in [2.24, 2.45) is 0 Å². The van der Waals surface area contributed by atoms with Gasteiger partial charge in [0.1, 0.15) is 0 Å². The molecule has 2 rings (SSSR count). The van der Waals surface area contributed by atoms with E-state index < -0.39 is 11.5 Å². The van der Waals surface area contributed by atoms with Crippen LogP contribution in [0, 0.1) is 0 Å². The molecule has 0 saturated heterocycles. The van der Waals surface area contributed by atoms with Gasteiger partial charge in [0.05, 0.1) is 11.9 Å². The van der Waals surface area contributed by atoms with Gasteiger partial charge in [0.15, 0.2) is 5.54 Å². The van der Waals surface area contributed by atoms with Gasteiger partial charge in [0.25, 0.3) is 5.91 Å². The van der Waals surface area contributed by atoms with E-state index >= 15 is 0 Å². The Morgan fingerprint density at radius 2 is 1.91 bits per heavy atom. The van der Waals surface area contributed by atoms with Crippen LogP contribution < -0.4 is 5.32 Å². The summed E-state index contributed by atoms with van der Waals surface area (Å²) < 4.78 is 1.31. The quantitative estimate of drug-likeness (QED) is 0.858. The minimum Gasteiger partial charge on any atom is -0.479 e. The lowest BCUT2D eigenvalue weighted by molar-refractivity contribution is -0.146. The van der Waals surface area contributed by atoms with Crippen molar-refractivity contribution in [2.45, 2.75) is 39.2 Å². The number of rotatable bonds is 6. The van der Waals surface area contributed by atoms with Crippen LogP contribution in [-0.4, -0.2) is 26.8 Å². The molecule has 1 amide bonds. The highest BCUT2D eigenvalue weighted by Crippen LogP contribution is 2.18. The van der Waals surface area contributed by atoms with Crippen molar-refractivity contribution in [3.63, 3.8) is 0 Å². The number of hydrogen-bond donors (Lipinski definition) is 2. The Kier molecular flexibility index (Phi) is 4.83. The summed E-state index contributed by atoms with van der Waals surface area (Å²) in [6.45, 7) is 5.19. The average Bonchev–Trinajstić information content (AvgIpc) is 2.97. The molecule has 0 atom stereocenters. The van der Waals surface area contributed by atoms with Gasteiger partial charge in [-0.2, -0.15) is 5.10 Å². The summed E-state index contributed by atoms with van der Waals surface area (Å²) >= 11 is 0. The van der Waals surface area contributed by atoms with Crippen LogP contribution in [0.25, 0.3) is 0 Å². The second-order valence-electron chi connectivity index (χ2n) is 5.94. The van der Waals surface area contributed by atoms with Crippen LogP contribution in [0.5, 0.6) is 0 Å². The van der Waals surface area contributed by atoms with Gasteiger partial charge in [-0.15, -0.1) is 0 Å². The van der Waals surface area contributed by atoms with Crippen LogP contribution in [0.2, 0.25) is 0 Å². The molecule has 0 saturated carbocycles. The number of aliphatic carboxylic acids is 1. The molecule has 0 spiro atoms. The predicted molar refractivity (Wildman–Crippen MR) is 87.6 cm³/mol. The molecule has 23 heavy (non-hydrogen) atoms. The van der Waals surface area contributed by atoms with Crippen LogP contribution in [0.4, 0.5) is 5.69 Å². The summed E-state index contributed by atoms with van der Waals surface area (Å²) in [5.41, 5.74) is 1.03. The highest BCUT2D eigenvalue weighted by molar-refractivity contribution is 6.04. The van der Waals surface area contributed by atoms with Crippen molar-refractivity contribution in [1.29, 1.82) is 0 Å². The normalized spacial score (nSPS) is 11.3. The molecule has 1 aromatic carbocycles. The monoisotopic (exact) mass is 315 g/mol. The maximum Gasteiger partial charge on any atom is 0.331 e. The lowest BCUT2D eigenvalue weighted by Gasteiger charge is -2.19. The number of amides is 1. The minimum absolute atomic E-state index is 0.249. The lowest BCUT2D eigenvalue weighted by Crippen LogP contribution is -2.35. The number of carboxylic acid groups (broad SMARTS) is 1. The van der Waals surface area contributed by atoms with Crippen LogP contribution in [0.1, 0.15) is 43.1 Å². The fourth-order valence-electron chi connectivity index (χ4n) is 2.11. The maximum atomic E-state index is 12.2. The zero-order valence-corrected chi connectivity index (χ0v) is 13.5. The van der Waals surface area contributed by atoms with E-state index in [1.54, 1.807) is 26.0 Å². The number of carbonyl (C=O) groups is 2. The molecule has 1 aromatic heterocycles. The van der Waals surface area contributed by atoms with Gasteiger partial charge >= 0.3 is 5.97 Å². The number of carbonyl (C=O) groups excluding carboxylic acids is 1. The zero-order valence-electron chi connectivity index (χ0n) is 13.5. The largest absolute Gasteiger partial charge is 0.479 e. The fraction of sp³-hybridized carbons (Fsp3) is 0.353. The number of aromatic nitrogens is 2. The molecule has 0 unspecified atom stereocenters. The molecule has 6 heteroatoms. The first-order valence-electron chi connectivity index (χ1n) is 7.53.